The van der Waals surface area contributed by atoms with Gasteiger partial charge in [0.05, 0.1) is 18.0 Å². The number of carboxylic acid groups (broad SMARTS) is 1. The second kappa shape index (κ2) is 10.6. The molecule has 2 aliphatic rings. The predicted octanol–water partition coefficient (Wildman–Crippen LogP) is 4.53. The summed E-state index contributed by atoms with van der Waals surface area (Å²) in [5.41, 5.74) is 2.65. The molecule has 2 fully saturated rings. The molecule has 2 saturated heterocycles. The quantitative estimate of drug-likeness (QED) is 0.541. The number of hydrogen-bond donors (Lipinski definition) is 2. The lowest BCUT2D eigenvalue weighted by molar-refractivity contribution is -0.192. The van der Waals surface area contributed by atoms with Gasteiger partial charge < -0.3 is 14.4 Å². The van der Waals surface area contributed by atoms with Gasteiger partial charge in [0.1, 0.15) is 5.69 Å². The summed E-state index contributed by atoms with van der Waals surface area (Å²) >= 11 is 0. The van der Waals surface area contributed by atoms with Crippen LogP contribution in [0.4, 0.5) is 13.2 Å². The number of carboxylic acids is 1. The van der Waals surface area contributed by atoms with Gasteiger partial charge in [-0.15, -0.1) is 0 Å². The van der Waals surface area contributed by atoms with Crippen molar-refractivity contribution in [3.8, 4) is 11.5 Å². The largest absolute Gasteiger partial charge is 0.490 e. The van der Waals surface area contributed by atoms with Crippen molar-refractivity contribution < 1.29 is 32.3 Å². The van der Waals surface area contributed by atoms with Gasteiger partial charge in [-0.3, -0.25) is 14.8 Å². The maximum absolute atomic E-state index is 13.3. The van der Waals surface area contributed by atoms with E-state index in [1.54, 1.807) is 12.5 Å². The number of piperidine rings is 1. The van der Waals surface area contributed by atoms with Crippen LogP contribution < -0.4 is 0 Å². The number of carbonyl (C=O) groups excluding carboxylic acids is 1. The van der Waals surface area contributed by atoms with Crippen molar-refractivity contribution in [2.45, 2.75) is 37.4 Å². The Morgan fingerprint density at radius 2 is 1.64 bits per heavy atom. The number of aromatic nitrogens is 2. The molecular weight excluding hydrogens is 477 g/mol. The van der Waals surface area contributed by atoms with Crippen LogP contribution in [0.15, 0.2) is 59.3 Å². The van der Waals surface area contributed by atoms with Crippen LogP contribution in [0.3, 0.4) is 0 Å². The summed E-state index contributed by atoms with van der Waals surface area (Å²) in [6.45, 7) is 3.78. The van der Waals surface area contributed by atoms with Crippen molar-refractivity contribution in [3.05, 3.63) is 66.1 Å². The van der Waals surface area contributed by atoms with E-state index in [0.717, 1.165) is 39.0 Å². The molecule has 0 radical (unpaired) electrons. The van der Waals surface area contributed by atoms with Gasteiger partial charge in [0.15, 0.2) is 5.76 Å². The van der Waals surface area contributed by atoms with E-state index in [-0.39, 0.29) is 11.4 Å². The number of carbonyl (C=O) groups is 2. The van der Waals surface area contributed by atoms with E-state index in [1.807, 2.05) is 17.0 Å². The number of furan rings is 1. The van der Waals surface area contributed by atoms with Crippen molar-refractivity contribution in [3.63, 3.8) is 0 Å². The average molecular weight is 505 g/mol. The van der Waals surface area contributed by atoms with E-state index in [4.69, 9.17) is 14.3 Å². The fourth-order valence-corrected chi connectivity index (χ4v) is 4.99. The monoisotopic (exact) mass is 504 g/mol. The molecule has 2 aromatic heterocycles. The zero-order chi connectivity index (χ0) is 25.8. The zero-order valence-corrected chi connectivity index (χ0v) is 19.5. The van der Waals surface area contributed by atoms with Gasteiger partial charge in [0.2, 0.25) is 0 Å². The lowest BCUT2D eigenvalue weighted by Gasteiger charge is -2.48. The average Bonchev–Trinajstić information content (AvgIpc) is 3.66. The molecule has 2 N–H and O–H groups in total. The lowest BCUT2D eigenvalue weighted by atomic mass is 9.79. The fourth-order valence-electron chi connectivity index (χ4n) is 4.99. The zero-order valence-electron chi connectivity index (χ0n) is 19.5. The number of likely N-dealkylation sites (tertiary alicyclic amines) is 2. The SMILES string of the molecule is O=C(O)C(F)(F)F.O=C(c1cn[nH]c1-c1ccco1)N1CCC(c2ccccc2)(N2CCCC2)CC1. The maximum atomic E-state index is 13.3. The number of H-pyrrole nitrogens is 1. The van der Waals surface area contributed by atoms with Gasteiger partial charge >= 0.3 is 12.1 Å². The molecule has 192 valence electrons. The summed E-state index contributed by atoms with van der Waals surface area (Å²) in [6, 6.07) is 14.5. The number of hydrogen-bond acceptors (Lipinski definition) is 5. The van der Waals surface area contributed by atoms with Crippen molar-refractivity contribution in [1.82, 2.24) is 20.0 Å². The summed E-state index contributed by atoms with van der Waals surface area (Å²) in [7, 11) is 0. The second-order valence-corrected chi connectivity index (χ2v) is 8.82. The van der Waals surface area contributed by atoms with Gasteiger partial charge in [0, 0.05) is 18.6 Å². The molecular formula is C25H27F3N4O4. The maximum Gasteiger partial charge on any atom is 0.490 e. The first-order valence-corrected chi connectivity index (χ1v) is 11.7. The molecule has 0 saturated carbocycles. The van der Waals surface area contributed by atoms with Crippen LogP contribution in [0.5, 0.6) is 0 Å². The highest BCUT2D eigenvalue weighted by Crippen LogP contribution is 2.41. The predicted molar refractivity (Wildman–Crippen MR) is 124 cm³/mol. The first-order chi connectivity index (χ1) is 17.2. The van der Waals surface area contributed by atoms with Crippen LogP contribution in [0.2, 0.25) is 0 Å². The molecule has 1 amide bonds. The van der Waals surface area contributed by atoms with Crippen LogP contribution in [0, 0.1) is 0 Å². The first kappa shape index (κ1) is 25.5. The molecule has 0 atom stereocenters. The van der Waals surface area contributed by atoms with Gasteiger partial charge in [-0.05, 0) is 56.5 Å². The Hall–Kier alpha value is -3.60. The van der Waals surface area contributed by atoms with Crippen molar-refractivity contribution in [1.29, 1.82) is 0 Å². The van der Waals surface area contributed by atoms with E-state index in [2.05, 4.69) is 45.4 Å². The molecule has 11 heteroatoms. The van der Waals surface area contributed by atoms with Crippen LogP contribution in [0.25, 0.3) is 11.5 Å². The minimum atomic E-state index is -5.08. The number of alkyl halides is 3. The standard InChI is InChI=1S/C23H26N4O2.C2HF3O2/c28-22(19-17-24-25-21(19)20-9-6-16-29-20)26-14-10-23(11-15-26,27-12-4-5-13-27)18-7-2-1-3-8-18;3-2(4,5)1(6)7/h1-3,6-9,16-17H,4-5,10-15H2,(H,24,25);(H,6,7). The van der Waals surface area contributed by atoms with Gasteiger partial charge in [-0.1, -0.05) is 30.3 Å². The topological polar surface area (TPSA) is 103 Å². The molecule has 0 bridgehead atoms. The Bertz CT molecular complexity index is 1150. The Morgan fingerprint density at radius 1 is 1.00 bits per heavy atom. The van der Waals surface area contributed by atoms with Crippen molar-refractivity contribution in [2.75, 3.05) is 26.2 Å². The number of nitrogens with one attached hydrogen (secondary N) is 1. The summed E-state index contributed by atoms with van der Waals surface area (Å²) in [6.07, 6.45) is 2.57. The number of amides is 1. The highest BCUT2D eigenvalue weighted by Gasteiger charge is 2.43. The third-order valence-corrected chi connectivity index (χ3v) is 6.78. The van der Waals surface area contributed by atoms with Gasteiger partial charge in [-0.25, -0.2) is 4.79 Å². The van der Waals surface area contributed by atoms with Gasteiger partial charge in [-0.2, -0.15) is 18.3 Å². The van der Waals surface area contributed by atoms with Crippen molar-refractivity contribution >= 4 is 11.9 Å². The number of aromatic amines is 1. The first-order valence-electron chi connectivity index (χ1n) is 11.7. The van der Waals surface area contributed by atoms with E-state index in [0.29, 0.717) is 17.0 Å². The number of halogens is 3. The van der Waals surface area contributed by atoms with Crippen molar-refractivity contribution in [2.24, 2.45) is 0 Å². The molecule has 36 heavy (non-hydrogen) atoms. The third-order valence-electron chi connectivity index (χ3n) is 6.78. The van der Waals surface area contributed by atoms with E-state index < -0.39 is 12.1 Å². The highest BCUT2D eigenvalue weighted by atomic mass is 19.4. The molecule has 2 aliphatic heterocycles. The highest BCUT2D eigenvalue weighted by molar-refractivity contribution is 5.99. The Balaban J connectivity index is 0.000000384. The number of nitrogens with zero attached hydrogens (tertiary/aromatic N) is 3. The Morgan fingerprint density at radius 3 is 2.19 bits per heavy atom. The number of aliphatic carboxylic acids is 1. The Kier molecular flexibility index (Phi) is 7.48. The Labute approximate surface area is 205 Å². The molecule has 0 unspecified atom stereocenters. The molecule has 5 rings (SSSR count). The molecule has 0 aliphatic carbocycles. The smallest absolute Gasteiger partial charge is 0.475 e. The van der Waals surface area contributed by atoms with E-state index in [9.17, 15) is 18.0 Å². The minimum absolute atomic E-state index is 0.0215. The van der Waals surface area contributed by atoms with Crippen LogP contribution in [-0.4, -0.2) is 69.3 Å². The third kappa shape index (κ3) is 5.30. The van der Waals surface area contributed by atoms with E-state index in [1.165, 1.54) is 18.4 Å². The van der Waals surface area contributed by atoms with E-state index >= 15 is 0 Å². The number of rotatable bonds is 4. The van der Waals surface area contributed by atoms with Crippen LogP contribution in [-0.2, 0) is 10.3 Å². The summed E-state index contributed by atoms with van der Waals surface area (Å²) in [5, 5.41) is 14.1. The van der Waals surface area contributed by atoms with Gasteiger partial charge in [0.25, 0.3) is 5.91 Å². The summed E-state index contributed by atoms with van der Waals surface area (Å²) in [4.78, 5) is 26.8. The fraction of sp³-hybridized carbons (Fsp3) is 0.400. The summed E-state index contributed by atoms with van der Waals surface area (Å²) in [5.74, 6) is -2.10. The molecule has 3 aromatic rings. The lowest BCUT2D eigenvalue weighted by Crippen LogP contribution is -2.53. The van der Waals surface area contributed by atoms with Crippen LogP contribution >= 0.6 is 0 Å². The minimum Gasteiger partial charge on any atom is -0.475 e. The molecule has 8 nitrogen and oxygen atoms in total. The second-order valence-electron chi connectivity index (χ2n) is 8.82. The number of benzene rings is 1. The molecule has 4 heterocycles. The summed E-state index contributed by atoms with van der Waals surface area (Å²) < 4.78 is 37.2. The normalized spacial score (nSPS) is 17.9. The molecule has 0 spiro atoms. The molecule has 1 aromatic carbocycles. The van der Waals surface area contributed by atoms with Crippen LogP contribution in [0.1, 0.15) is 41.6 Å².